The van der Waals surface area contributed by atoms with E-state index in [9.17, 15) is 4.79 Å². The van der Waals surface area contributed by atoms with E-state index in [0.29, 0.717) is 16.6 Å². The Labute approximate surface area is 138 Å². The van der Waals surface area contributed by atoms with Gasteiger partial charge in [-0.2, -0.15) is 4.37 Å². The third-order valence-electron chi connectivity index (χ3n) is 5.12. The van der Waals surface area contributed by atoms with E-state index in [0.717, 1.165) is 22.4 Å². The van der Waals surface area contributed by atoms with Crippen LogP contribution in [-0.2, 0) is 0 Å². The molecule has 0 aromatic carbocycles. The smallest absolute Gasteiger partial charge is 0.260 e. The van der Waals surface area contributed by atoms with Gasteiger partial charge in [0, 0.05) is 16.2 Å². The molecule has 6 heteroatoms. The zero-order valence-corrected chi connectivity index (χ0v) is 14.4. The molecule has 0 saturated heterocycles. The number of thiazole rings is 1. The molecule has 2 heterocycles. The zero-order valence-electron chi connectivity index (χ0n) is 12.8. The summed E-state index contributed by atoms with van der Waals surface area (Å²) in [4.78, 5) is 18.0. The van der Waals surface area contributed by atoms with E-state index in [4.69, 9.17) is 0 Å². The first-order chi connectivity index (χ1) is 10.6. The minimum absolute atomic E-state index is 0.0856. The van der Waals surface area contributed by atoms with Crippen LogP contribution >= 0.6 is 22.9 Å². The first kappa shape index (κ1) is 14.3. The summed E-state index contributed by atoms with van der Waals surface area (Å²) in [5.74, 6) is 2.27. The van der Waals surface area contributed by atoms with Crippen molar-refractivity contribution in [2.24, 2.45) is 11.8 Å². The van der Waals surface area contributed by atoms with Crippen molar-refractivity contribution in [3.8, 4) is 0 Å². The zero-order chi connectivity index (χ0) is 15.3. The van der Waals surface area contributed by atoms with Crippen molar-refractivity contribution in [3.05, 3.63) is 27.2 Å². The largest absolute Gasteiger partial charge is 0.298 e. The Kier molecular flexibility index (Phi) is 3.53. The molecule has 3 unspecified atom stereocenters. The van der Waals surface area contributed by atoms with Crippen molar-refractivity contribution >= 4 is 33.9 Å². The lowest BCUT2D eigenvalue weighted by molar-refractivity contribution is 0.102. The van der Waals surface area contributed by atoms with Crippen molar-refractivity contribution in [2.45, 2.75) is 45.4 Å². The summed E-state index contributed by atoms with van der Waals surface area (Å²) < 4.78 is 4.24. The van der Waals surface area contributed by atoms with E-state index in [2.05, 4.69) is 20.1 Å². The summed E-state index contributed by atoms with van der Waals surface area (Å²) >= 11 is 2.92. The molecule has 2 saturated carbocycles. The standard InChI is InChI=1S/C16H19N3OS2/c1-8-14(9(2)22-19-8)15(20)18-16-17-13(7-21-16)12-6-10-3-4-11(12)5-10/h7,10-12H,3-6H2,1-2H3,(H,17,18,20). The van der Waals surface area contributed by atoms with Crippen LogP contribution in [0.15, 0.2) is 5.38 Å². The molecule has 22 heavy (non-hydrogen) atoms. The lowest BCUT2D eigenvalue weighted by atomic mass is 9.87. The molecule has 2 aliphatic rings. The number of amides is 1. The normalized spacial score (nSPS) is 26.5. The van der Waals surface area contributed by atoms with Crippen LogP contribution < -0.4 is 5.32 Å². The number of hydrogen-bond donors (Lipinski definition) is 1. The number of hydrogen-bond acceptors (Lipinski definition) is 5. The molecule has 2 fully saturated rings. The van der Waals surface area contributed by atoms with Crippen LogP contribution in [-0.4, -0.2) is 15.3 Å². The van der Waals surface area contributed by atoms with Crippen LogP contribution in [0.3, 0.4) is 0 Å². The number of aromatic nitrogens is 2. The van der Waals surface area contributed by atoms with Crippen LogP contribution in [0, 0.1) is 25.7 Å². The number of nitrogens with one attached hydrogen (secondary N) is 1. The Bertz CT molecular complexity index is 701. The molecule has 0 radical (unpaired) electrons. The van der Waals surface area contributed by atoms with Crippen molar-refractivity contribution < 1.29 is 4.79 Å². The minimum Gasteiger partial charge on any atom is -0.298 e. The maximum atomic E-state index is 12.4. The van der Waals surface area contributed by atoms with E-state index in [1.165, 1.54) is 42.9 Å². The Balaban J connectivity index is 1.49. The van der Waals surface area contributed by atoms with Gasteiger partial charge in [-0.3, -0.25) is 10.1 Å². The molecule has 4 rings (SSSR count). The number of carbonyl (C=O) groups is 1. The summed E-state index contributed by atoms with van der Waals surface area (Å²) in [5, 5.41) is 5.80. The summed E-state index contributed by atoms with van der Waals surface area (Å²) in [6, 6.07) is 0. The molecule has 2 aromatic heterocycles. The average molecular weight is 333 g/mol. The van der Waals surface area contributed by atoms with Crippen LogP contribution in [0.1, 0.15) is 58.2 Å². The van der Waals surface area contributed by atoms with Gasteiger partial charge >= 0.3 is 0 Å². The number of carbonyl (C=O) groups excluding carboxylic acids is 1. The van der Waals surface area contributed by atoms with E-state index in [1.54, 1.807) is 11.3 Å². The highest BCUT2D eigenvalue weighted by Crippen LogP contribution is 2.52. The minimum atomic E-state index is -0.0856. The van der Waals surface area contributed by atoms with Crippen LogP contribution in [0.4, 0.5) is 5.13 Å². The number of rotatable bonds is 3. The summed E-state index contributed by atoms with van der Waals surface area (Å²) in [6.07, 6.45) is 5.42. The van der Waals surface area contributed by atoms with Crippen molar-refractivity contribution in [1.29, 1.82) is 0 Å². The van der Waals surface area contributed by atoms with Gasteiger partial charge in [0.2, 0.25) is 0 Å². The van der Waals surface area contributed by atoms with Crippen molar-refractivity contribution in [2.75, 3.05) is 5.32 Å². The van der Waals surface area contributed by atoms with E-state index < -0.39 is 0 Å². The van der Waals surface area contributed by atoms with E-state index in [1.807, 2.05) is 13.8 Å². The second-order valence-electron chi connectivity index (χ2n) is 6.51. The maximum Gasteiger partial charge on any atom is 0.260 e. The van der Waals surface area contributed by atoms with Gasteiger partial charge in [0.1, 0.15) is 0 Å². The van der Waals surface area contributed by atoms with Gasteiger partial charge in [-0.25, -0.2) is 4.98 Å². The number of aryl methyl sites for hydroxylation is 2. The topological polar surface area (TPSA) is 54.9 Å². The number of anilines is 1. The predicted octanol–water partition coefficient (Wildman–Crippen LogP) is 4.37. The third-order valence-corrected chi connectivity index (χ3v) is 6.74. The number of nitrogens with zero attached hydrogens (tertiary/aromatic N) is 2. The Morgan fingerprint density at radius 3 is 2.82 bits per heavy atom. The fraction of sp³-hybridized carbons (Fsp3) is 0.562. The first-order valence-electron chi connectivity index (χ1n) is 7.81. The second-order valence-corrected chi connectivity index (χ2v) is 8.35. The van der Waals surface area contributed by atoms with Gasteiger partial charge in [0.05, 0.1) is 17.0 Å². The average Bonchev–Trinajstić information content (AvgIpc) is 3.23. The molecular formula is C16H19N3OS2. The predicted molar refractivity (Wildman–Crippen MR) is 89.8 cm³/mol. The molecule has 2 bridgehead atoms. The van der Waals surface area contributed by atoms with Gasteiger partial charge in [0.25, 0.3) is 5.91 Å². The quantitative estimate of drug-likeness (QED) is 0.907. The lowest BCUT2D eigenvalue weighted by Gasteiger charge is -2.19. The molecule has 1 N–H and O–H groups in total. The molecule has 2 aliphatic carbocycles. The van der Waals surface area contributed by atoms with Crippen LogP contribution in [0.5, 0.6) is 0 Å². The van der Waals surface area contributed by atoms with E-state index in [-0.39, 0.29) is 5.91 Å². The fourth-order valence-electron chi connectivity index (χ4n) is 4.09. The summed E-state index contributed by atoms with van der Waals surface area (Å²) in [7, 11) is 0. The third kappa shape index (κ3) is 2.38. The molecule has 4 nitrogen and oxygen atoms in total. The highest BCUT2D eigenvalue weighted by atomic mass is 32.1. The Morgan fingerprint density at radius 1 is 1.32 bits per heavy atom. The second kappa shape index (κ2) is 5.42. The highest BCUT2D eigenvalue weighted by molar-refractivity contribution is 7.14. The molecule has 3 atom stereocenters. The van der Waals surface area contributed by atoms with Gasteiger partial charge in [-0.1, -0.05) is 6.42 Å². The van der Waals surface area contributed by atoms with Gasteiger partial charge in [-0.15, -0.1) is 11.3 Å². The maximum absolute atomic E-state index is 12.4. The van der Waals surface area contributed by atoms with Crippen LogP contribution in [0.2, 0.25) is 0 Å². The molecule has 2 aromatic rings. The summed E-state index contributed by atoms with van der Waals surface area (Å²) in [6.45, 7) is 3.81. The van der Waals surface area contributed by atoms with Gasteiger partial charge in [-0.05, 0) is 56.5 Å². The van der Waals surface area contributed by atoms with Gasteiger partial charge in [0.15, 0.2) is 5.13 Å². The fourth-order valence-corrected chi connectivity index (χ4v) is 5.55. The Hall–Kier alpha value is -1.27. The van der Waals surface area contributed by atoms with Crippen molar-refractivity contribution in [3.63, 3.8) is 0 Å². The summed E-state index contributed by atoms with van der Waals surface area (Å²) in [5.41, 5.74) is 2.68. The van der Waals surface area contributed by atoms with E-state index >= 15 is 0 Å². The monoisotopic (exact) mass is 333 g/mol. The molecule has 116 valence electrons. The Morgan fingerprint density at radius 2 is 2.18 bits per heavy atom. The van der Waals surface area contributed by atoms with Gasteiger partial charge < -0.3 is 0 Å². The lowest BCUT2D eigenvalue weighted by Crippen LogP contribution is -2.14. The van der Waals surface area contributed by atoms with Crippen LogP contribution in [0.25, 0.3) is 0 Å². The SMILES string of the molecule is Cc1nsc(C)c1C(=O)Nc1nc(C2CC3CCC2C3)cs1. The molecule has 0 spiro atoms. The first-order valence-corrected chi connectivity index (χ1v) is 9.46. The highest BCUT2D eigenvalue weighted by Gasteiger charge is 2.41. The molecule has 1 amide bonds. The molecule has 0 aliphatic heterocycles. The number of fused-ring (bicyclic) bond motifs is 2. The van der Waals surface area contributed by atoms with Crippen molar-refractivity contribution in [1.82, 2.24) is 9.36 Å². The molecular weight excluding hydrogens is 314 g/mol.